The molecule has 0 aliphatic rings. The molecule has 3 nitrogen and oxygen atoms in total. The van der Waals surface area contributed by atoms with E-state index in [1.807, 2.05) is 0 Å². The van der Waals surface area contributed by atoms with Crippen LogP contribution in [0.2, 0.25) is 0 Å². The van der Waals surface area contributed by atoms with Gasteiger partial charge >= 0.3 is 8.25 Å². The molecule has 160 valence electrons. The zero-order valence-electron chi connectivity index (χ0n) is 18.2. The normalized spacial score (nSPS) is 11.8. The third-order valence-electron chi connectivity index (χ3n) is 4.72. The van der Waals surface area contributed by atoms with E-state index in [0.29, 0.717) is 6.61 Å². The zero-order valence-corrected chi connectivity index (χ0v) is 19.2. The van der Waals surface area contributed by atoms with Crippen LogP contribution in [-0.2, 0) is 9.09 Å². The summed E-state index contributed by atoms with van der Waals surface area (Å²) in [7, 11) is -2.70. The lowest BCUT2D eigenvalue weighted by Crippen LogP contribution is -1.87. The molecule has 1 N–H and O–H groups in total. The molecule has 1 unspecified atom stereocenters. The van der Waals surface area contributed by atoms with Crippen molar-refractivity contribution >= 4 is 8.25 Å². The van der Waals surface area contributed by atoms with Crippen LogP contribution in [0.3, 0.4) is 0 Å². The van der Waals surface area contributed by atoms with E-state index in [9.17, 15) is 4.57 Å². The first-order valence-corrected chi connectivity index (χ1v) is 12.8. The number of rotatable bonds is 19. The zero-order chi connectivity index (χ0) is 19.7. The van der Waals surface area contributed by atoms with Gasteiger partial charge < -0.3 is 9.42 Å². The lowest BCUT2D eigenvalue weighted by Gasteiger charge is -2.03. The van der Waals surface area contributed by atoms with Gasteiger partial charge in [0.1, 0.15) is 0 Å². The van der Waals surface area contributed by atoms with Gasteiger partial charge in [-0.25, -0.2) is 0 Å². The first kappa shape index (κ1) is 28.4. The van der Waals surface area contributed by atoms with E-state index in [2.05, 4.69) is 25.3 Å². The highest BCUT2D eigenvalue weighted by Crippen LogP contribution is 2.16. The van der Waals surface area contributed by atoms with Crippen LogP contribution in [0.5, 0.6) is 0 Å². The maximum absolute atomic E-state index is 10.3. The molecule has 0 amide bonds. The van der Waals surface area contributed by atoms with Gasteiger partial charge in [-0.05, 0) is 6.42 Å². The average molecular weight is 393 g/mol. The molecule has 1 atom stereocenters. The van der Waals surface area contributed by atoms with Gasteiger partial charge in [-0.15, -0.1) is 0 Å². The van der Waals surface area contributed by atoms with Crippen molar-refractivity contribution in [2.24, 2.45) is 0 Å². The second-order valence-electron chi connectivity index (χ2n) is 7.42. The highest BCUT2D eigenvalue weighted by atomic mass is 31.1. The predicted octanol–water partition coefficient (Wildman–Crippen LogP) is 8.45. The Morgan fingerprint density at radius 2 is 0.846 bits per heavy atom. The summed E-state index contributed by atoms with van der Waals surface area (Å²) in [5, 5.41) is 0. The maximum Gasteiger partial charge on any atom is 0.316 e. The van der Waals surface area contributed by atoms with Crippen LogP contribution in [0.25, 0.3) is 0 Å². The molecule has 4 heteroatoms. The molecule has 0 aliphatic carbocycles. The lowest BCUT2D eigenvalue weighted by molar-refractivity contribution is 0.273. The summed E-state index contributed by atoms with van der Waals surface area (Å²) in [6.07, 6.45) is 24.1. The van der Waals surface area contributed by atoms with Crippen molar-refractivity contribution in [3.63, 3.8) is 0 Å². The SMILES string of the molecule is CCCC.CCCCCCCCCCCCCCCCCCO[PH](=O)O. The van der Waals surface area contributed by atoms with Crippen LogP contribution in [-0.4, -0.2) is 11.5 Å². The first-order valence-electron chi connectivity index (χ1n) is 11.5. The Morgan fingerprint density at radius 3 is 1.12 bits per heavy atom. The van der Waals surface area contributed by atoms with Crippen molar-refractivity contribution in [2.75, 3.05) is 6.61 Å². The van der Waals surface area contributed by atoms with Gasteiger partial charge in [0.15, 0.2) is 0 Å². The fourth-order valence-electron chi connectivity index (χ4n) is 2.81. The molecule has 0 rings (SSSR count). The largest absolute Gasteiger partial charge is 0.326 e. The van der Waals surface area contributed by atoms with Gasteiger partial charge in [0.25, 0.3) is 0 Å². The molecular formula is C22H49O3P. The summed E-state index contributed by atoms with van der Waals surface area (Å²) in [6, 6.07) is 0. The second-order valence-corrected chi connectivity index (χ2v) is 8.24. The Balaban J connectivity index is 0. The molecule has 0 aromatic heterocycles. The van der Waals surface area contributed by atoms with E-state index in [4.69, 9.17) is 4.89 Å². The van der Waals surface area contributed by atoms with Gasteiger partial charge in [-0.1, -0.05) is 130 Å². The van der Waals surface area contributed by atoms with Crippen LogP contribution in [0.1, 0.15) is 136 Å². The van der Waals surface area contributed by atoms with E-state index >= 15 is 0 Å². The van der Waals surface area contributed by atoms with Crippen molar-refractivity contribution in [2.45, 2.75) is 136 Å². The first-order chi connectivity index (χ1) is 12.7. The standard InChI is InChI=1S/C18H39O3P.C4H10/c1-2-3-4-5-6-7-8-9-10-11-12-13-14-15-16-17-18-21-22(19)20;1-3-4-2/h22H,2-18H2,1H3,(H,19,20);3-4H2,1-2H3. The average Bonchev–Trinajstić information content (AvgIpc) is 2.64. The Kier molecular flexibility index (Phi) is 29.9. The van der Waals surface area contributed by atoms with E-state index < -0.39 is 8.25 Å². The topological polar surface area (TPSA) is 46.5 Å². The minimum absolute atomic E-state index is 0.437. The molecule has 0 aliphatic heterocycles. The summed E-state index contributed by atoms with van der Waals surface area (Å²) < 4.78 is 15.0. The Hall–Kier alpha value is 0.150. The van der Waals surface area contributed by atoms with E-state index in [-0.39, 0.29) is 0 Å². The molecule has 0 heterocycles. The highest BCUT2D eigenvalue weighted by Gasteiger charge is 1.95. The van der Waals surface area contributed by atoms with Crippen molar-refractivity contribution in [3.05, 3.63) is 0 Å². The Morgan fingerprint density at radius 1 is 0.538 bits per heavy atom. The summed E-state index contributed by atoms with van der Waals surface area (Å²) in [4.78, 5) is 8.50. The molecule has 0 bridgehead atoms. The summed E-state index contributed by atoms with van der Waals surface area (Å²) in [6.45, 7) is 7.07. The minimum atomic E-state index is -2.70. The molecule has 0 aromatic rings. The number of hydrogen-bond acceptors (Lipinski definition) is 2. The van der Waals surface area contributed by atoms with Crippen molar-refractivity contribution < 1.29 is 14.0 Å². The quantitative estimate of drug-likeness (QED) is 0.177. The smallest absolute Gasteiger partial charge is 0.316 e. The van der Waals surface area contributed by atoms with Crippen molar-refractivity contribution in [1.82, 2.24) is 0 Å². The van der Waals surface area contributed by atoms with E-state index in [1.165, 1.54) is 103 Å². The molecule has 0 spiro atoms. The summed E-state index contributed by atoms with van der Waals surface area (Å²) >= 11 is 0. The van der Waals surface area contributed by atoms with Crippen LogP contribution in [0.4, 0.5) is 0 Å². The Bertz CT molecular complexity index is 258. The van der Waals surface area contributed by atoms with E-state index in [0.717, 1.165) is 12.8 Å². The van der Waals surface area contributed by atoms with Gasteiger partial charge in [-0.2, -0.15) is 0 Å². The highest BCUT2D eigenvalue weighted by molar-refractivity contribution is 7.32. The molecule has 0 aromatic carbocycles. The number of hydrogen-bond donors (Lipinski definition) is 1. The molecule has 26 heavy (non-hydrogen) atoms. The van der Waals surface area contributed by atoms with Crippen molar-refractivity contribution in [1.29, 1.82) is 0 Å². The second kappa shape index (κ2) is 27.4. The molecule has 0 saturated carbocycles. The summed E-state index contributed by atoms with van der Waals surface area (Å²) in [5.74, 6) is 0. The van der Waals surface area contributed by atoms with Gasteiger partial charge in [0, 0.05) is 0 Å². The Labute approximate surface area is 165 Å². The fraction of sp³-hybridized carbons (Fsp3) is 1.00. The van der Waals surface area contributed by atoms with Crippen molar-refractivity contribution in [3.8, 4) is 0 Å². The lowest BCUT2D eigenvalue weighted by atomic mass is 10.0. The third kappa shape index (κ3) is 31.9. The van der Waals surface area contributed by atoms with Crippen LogP contribution in [0.15, 0.2) is 0 Å². The molecular weight excluding hydrogens is 343 g/mol. The summed E-state index contributed by atoms with van der Waals surface area (Å²) in [5.41, 5.74) is 0. The van der Waals surface area contributed by atoms with Crippen LogP contribution >= 0.6 is 8.25 Å². The van der Waals surface area contributed by atoms with Crippen LogP contribution < -0.4 is 0 Å². The van der Waals surface area contributed by atoms with E-state index in [1.54, 1.807) is 0 Å². The molecule has 0 radical (unpaired) electrons. The molecule has 0 saturated heterocycles. The fourth-order valence-corrected chi connectivity index (χ4v) is 3.13. The third-order valence-corrected chi connectivity index (χ3v) is 5.17. The maximum atomic E-state index is 10.3. The van der Waals surface area contributed by atoms with Gasteiger partial charge in [0.2, 0.25) is 0 Å². The van der Waals surface area contributed by atoms with Gasteiger partial charge in [0.05, 0.1) is 6.61 Å². The predicted molar refractivity (Wildman–Crippen MR) is 117 cm³/mol. The molecule has 0 fully saturated rings. The van der Waals surface area contributed by atoms with Gasteiger partial charge in [-0.3, -0.25) is 4.57 Å². The minimum Gasteiger partial charge on any atom is -0.326 e. The number of unbranched alkanes of at least 4 members (excludes halogenated alkanes) is 16. The monoisotopic (exact) mass is 392 g/mol. The van der Waals surface area contributed by atoms with Crippen LogP contribution in [0, 0.1) is 0 Å².